The Hall–Kier alpha value is -2.41. The highest BCUT2D eigenvalue weighted by Crippen LogP contribution is 2.23. The van der Waals surface area contributed by atoms with Crippen molar-refractivity contribution in [1.82, 2.24) is 4.98 Å². The van der Waals surface area contributed by atoms with Crippen LogP contribution in [0.25, 0.3) is 22.5 Å². The lowest BCUT2D eigenvalue weighted by Crippen LogP contribution is -1.89. The molecule has 3 rings (SSSR count). The van der Waals surface area contributed by atoms with Crippen molar-refractivity contribution in [3.63, 3.8) is 0 Å². The molecular weight excluding hydrogens is 266 g/mol. The minimum atomic E-state index is 1.03. The van der Waals surface area contributed by atoms with Crippen LogP contribution in [0, 0.1) is 0 Å². The van der Waals surface area contributed by atoms with Crippen molar-refractivity contribution >= 4 is 0 Å². The Morgan fingerprint density at radius 3 is 1.36 bits per heavy atom. The van der Waals surface area contributed by atoms with E-state index in [4.69, 9.17) is 4.98 Å². The van der Waals surface area contributed by atoms with Crippen molar-refractivity contribution in [3.8, 4) is 22.5 Å². The number of benzene rings is 2. The lowest BCUT2D eigenvalue weighted by atomic mass is 10.0. The van der Waals surface area contributed by atoms with Gasteiger partial charge in [0.1, 0.15) is 0 Å². The molecule has 2 aromatic carbocycles. The van der Waals surface area contributed by atoms with E-state index in [0.29, 0.717) is 0 Å². The topological polar surface area (TPSA) is 12.9 Å². The van der Waals surface area contributed by atoms with Gasteiger partial charge >= 0.3 is 0 Å². The van der Waals surface area contributed by atoms with E-state index in [9.17, 15) is 0 Å². The number of nitrogens with zero attached hydrogens (tertiary/aromatic N) is 1. The maximum Gasteiger partial charge on any atom is 0.0709 e. The van der Waals surface area contributed by atoms with Crippen LogP contribution in [0.3, 0.4) is 0 Å². The van der Waals surface area contributed by atoms with E-state index < -0.39 is 0 Å². The molecule has 0 atom stereocenters. The molecule has 0 unspecified atom stereocenters. The van der Waals surface area contributed by atoms with Crippen LogP contribution in [0.5, 0.6) is 0 Å². The minimum absolute atomic E-state index is 1.03. The predicted molar refractivity (Wildman–Crippen MR) is 93.9 cm³/mol. The summed E-state index contributed by atoms with van der Waals surface area (Å²) in [6.45, 7) is 4.35. The molecule has 0 N–H and O–H groups in total. The Morgan fingerprint density at radius 1 is 0.591 bits per heavy atom. The Labute approximate surface area is 132 Å². The summed E-state index contributed by atoms with van der Waals surface area (Å²) in [5.41, 5.74) is 7.11. The molecule has 0 spiro atoms. The highest BCUT2D eigenvalue weighted by Gasteiger charge is 2.03. The number of hydrogen-bond acceptors (Lipinski definition) is 1. The van der Waals surface area contributed by atoms with E-state index in [2.05, 4.69) is 80.6 Å². The minimum Gasteiger partial charge on any atom is -0.248 e. The van der Waals surface area contributed by atoms with Gasteiger partial charge in [-0.05, 0) is 36.1 Å². The molecule has 0 aliphatic rings. The van der Waals surface area contributed by atoms with Gasteiger partial charge in [0.05, 0.1) is 11.4 Å². The van der Waals surface area contributed by atoms with Crippen molar-refractivity contribution in [1.29, 1.82) is 0 Å². The van der Waals surface area contributed by atoms with E-state index in [1.807, 2.05) is 0 Å². The maximum absolute atomic E-state index is 4.82. The number of rotatable bonds is 4. The van der Waals surface area contributed by atoms with Crippen molar-refractivity contribution in [2.75, 3.05) is 0 Å². The lowest BCUT2D eigenvalue weighted by Gasteiger charge is -2.06. The van der Waals surface area contributed by atoms with Crippen LogP contribution in [0.1, 0.15) is 25.0 Å². The Bertz CT molecular complexity index is 677. The van der Waals surface area contributed by atoms with Gasteiger partial charge < -0.3 is 0 Å². The second kappa shape index (κ2) is 6.57. The molecule has 0 amide bonds. The van der Waals surface area contributed by atoms with Gasteiger partial charge in [-0.2, -0.15) is 0 Å². The summed E-state index contributed by atoms with van der Waals surface area (Å²) in [5, 5.41) is 0. The molecule has 1 nitrogen and oxygen atoms in total. The second-order valence-electron chi connectivity index (χ2n) is 5.51. The molecule has 1 heterocycles. The Morgan fingerprint density at radius 2 is 1.00 bits per heavy atom. The van der Waals surface area contributed by atoms with Crippen molar-refractivity contribution in [2.45, 2.75) is 26.7 Å². The summed E-state index contributed by atoms with van der Waals surface area (Å²) in [6, 6.07) is 23.6. The zero-order chi connectivity index (χ0) is 15.4. The van der Waals surface area contributed by atoms with Crippen LogP contribution in [-0.4, -0.2) is 4.98 Å². The first-order valence-corrected chi connectivity index (χ1v) is 7.96. The van der Waals surface area contributed by atoms with E-state index in [0.717, 1.165) is 24.2 Å². The van der Waals surface area contributed by atoms with Gasteiger partial charge in [-0.15, -0.1) is 0 Å². The fourth-order valence-corrected chi connectivity index (χ4v) is 2.58. The van der Waals surface area contributed by atoms with Crippen molar-refractivity contribution < 1.29 is 0 Å². The summed E-state index contributed by atoms with van der Waals surface area (Å²) in [7, 11) is 0. The van der Waals surface area contributed by atoms with Crippen LogP contribution in [0.2, 0.25) is 0 Å². The fraction of sp³-hybridized carbons (Fsp3) is 0.190. The molecule has 110 valence electrons. The summed E-state index contributed by atoms with van der Waals surface area (Å²) < 4.78 is 0. The third kappa shape index (κ3) is 3.09. The highest BCUT2D eigenvalue weighted by molar-refractivity contribution is 5.66. The Balaban J connectivity index is 1.93. The summed E-state index contributed by atoms with van der Waals surface area (Å²) in [6.07, 6.45) is 2.13. The normalized spacial score (nSPS) is 10.6. The van der Waals surface area contributed by atoms with Crippen LogP contribution in [-0.2, 0) is 12.8 Å². The summed E-state index contributed by atoms with van der Waals surface area (Å²) in [4.78, 5) is 4.82. The molecule has 3 aromatic rings. The molecule has 22 heavy (non-hydrogen) atoms. The SMILES string of the molecule is CCc1ccc(-c2cccc(-c3ccc(CC)cc3)n2)cc1. The van der Waals surface area contributed by atoms with Crippen LogP contribution < -0.4 is 0 Å². The number of aromatic nitrogens is 1. The predicted octanol–water partition coefficient (Wildman–Crippen LogP) is 5.54. The standard InChI is InChI=1S/C21H21N/c1-3-16-8-12-18(13-9-16)20-6-5-7-21(22-20)19-14-10-17(4-2)11-15-19/h5-15H,3-4H2,1-2H3. The second-order valence-corrected chi connectivity index (χ2v) is 5.51. The molecule has 1 aromatic heterocycles. The smallest absolute Gasteiger partial charge is 0.0709 e. The number of pyridine rings is 1. The van der Waals surface area contributed by atoms with Gasteiger partial charge in [0, 0.05) is 11.1 Å². The molecule has 0 aliphatic carbocycles. The summed E-state index contributed by atoms with van der Waals surface area (Å²) in [5.74, 6) is 0. The third-order valence-electron chi connectivity index (χ3n) is 4.06. The molecule has 0 fully saturated rings. The first-order chi connectivity index (χ1) is 10.8. The molecule has 0 aliphatic heterocycles. The zero-order valence-electron chi connectivity index (χ0n) is 13.2. The average Bonchev–Trinajstić information content (AvgIpc) is 2.62. The average molecular weight is 287 g/mol. The molecular formula is C21H21N. The first-order valence-electron chi connectivity index (χ1n) is 7.96. The van der Waals surface area contributed by atoms with Gasteiger partial charge in [-0.25, -0.2) is 4.98 Å². The van der Waals surface area contributed by atoms with Crippen molar-refractivity contribution in [2.24, 2.45) is 0 Å². The quantitative estimate of drug-likeness (QED) is 0.614. The zero-order valence-corrected chi connectivity index (χ0v) is 13.2. The highest BCUT2D eigenvalue weighted by atomic mass is 14.7. The van der Waals surface area contributed by atoms with Gasteiger partial charge in [-0.1, -0.05) is 68.4 Å². The van der Waals surface area contributed by atoms with E-state index in [1.165, 1.54) is 22.3 Å². The summed E-state index contributed by atoms with van der Waals surface area (Å²) >= 11 is 0. The molecule has 0 radical (unpaired) electrons. The fourth-order valence-electron chi connectivity index (χ4n) is 2.58. The Kier molecular flexibility index (Phi) is 4.34. The maximum atomic E-state index is 4.82. The van der Waals surface area contributed by atoms with Crippen LogP contribution in [0.4, 0.5) is 0 Å². The monoisotopic (exact) mass is 287 g/mol. The number of hydrogen-bond donors (Lipinski definition) is 0. The largest absolute Gasteiger partial charge is 0.248 e. The van der Waals surface area contributed by atoms with Crippen molar-refractivity contribution in [3.05, 3.63) is 77.9 Å². The molecule has 0 bridgehead atoms. The van der Waals surface area contributed by atoms with Crippen LogP contribution >= 0.6 is 0 Å². The number of aryl methyl sites for hydroxylation is 2. The van der Waals surface area contributed by atoms with E-state index in [-0.39, 0.29) is 0 Å². The van der Waals surface area contributed by atoms with E-state index in [1.54, 1.807) is 0 Å². The van der Waals surface area contributed by atoms with Gasteiger partial charge in [-0.3, -0.25) is 0 Å². The molecule has 1 heteroatoms. The first kappa shape index (κ1) is 14.5. The third-order valence-corrected chi connectivity index (χ3v) is 4.06. The molecule has 0 saturated carbocycles. The van der Waals surface area contributed by atoms with Gasteiger partial charge in [0.25, 0.3) is 0 Å². The van der Waals surface area contributed by atoms with E-state index >= 15 is 0 Å². The van der Waals surface area contributed by atoms with Gasteiger partial charge in [0.15, 0.2) is 0 Å². The molecule has 0 saturated heterocycles. The lowest BCUT2D eigenvalue weighted by molar-refractivity contribution is 1.14. The van der Waals surface area contributed by atoms with Gasteiger partial charge in [0.2, 0.25) is 0 Å². The van der Waals surface area contributed by atoms with Crippen LogP contribution in [0.15, 0.2) is 66.7 Å².